The predicted molar refractivity (Wildman–Crippen MR) is 103 cm³/mol. The van der Waals surface area contributed by atoms with Crippen molar-refractivity contribution in [3.8, 4) is 5.75 Å². The summed E-state index contributed by atoms with van der Waals surface area (Å²) in [6.07, 6.45) is 0.0193. The summed E-state index contributed by atoms with van der Waals surface area (Å²) in [4.78, 5) is 29.5. The number of benzene rings is 2. The molecule has 2 heterocycles. The number of carbonyl (C=O) groups excluding carboxylic acids is 2. The second kappa shape index (κ2) is 7.04. The Hall–Kier alpha value is -2.86. The minimum Gasteiger partial charge on any atom is -0.426 e. The lowest BCUT2D eigenvalue weighted by Crippen LogP contribution is -2.25. The summed E-state index contributed by atoms with van der Waals surface area (Å²) in [6, 6.07) is 16.1. The third kappa shape index (κ3) is 3.06. The molecule has 0 saturated heterocycles. The van der Waals surface area contributed by atoms with E-state index < -0.39 is 12.0 Å². The fourth-order valence-electron chi connectivity index (χ4n) is 3.35. The van der Waals surface area contributed by atoms with Crippen LogP contribution in [0.3, 0.4) is 0 Å². The van der Waals surface area contributed by atoms with E-state index in [4.69, 9.17) is 9.57 Å². The van der Waals surface area contributed by atoms with E-state index >= 15 is 0 Å². The standard InChI is InChI=1S/C20H15BrN2O4/c1-26-23-18(11-20(25)27-15-5-3-2-4-6-15)17-9-13-7-8-14(21)10-16(13)22(17)19(23)12-24/h2-10,18H,11H2,1H3. The van der Waals surface area contributed by atoms with Crippen LogP contribution >= 0.6 is 15.9 Å². The number of aromatic nitrogens is 1. The van der Waals surface area contributed by atoms with Gasteiger partial charge in [0, 0.05) is 9.86 Å². The highest BCUT2D eigenvalue weighted by Crippen LogP contribution is 2.42. The minimum atomic E-state index is -0.492. The Morgan fingerprint density at radius 3 is 2.67 bits per heavy atom. The number of para-hydroxylation sites is 1. The molecule has 0 spiro atoms. The summed E-state index contributed by atoms with van der Waals surface area (Å²) in [5.74, 6) is 2.20. The van der Waals surface area contributed by atoms with Crippen molar-refractivity contribution >= 4 is 44.6 Å². The van der Waals surface area contributed by atoms with E-state index in [1.54, 1.807) is 28.8 Å². The van der Waals surface area contributed by atoms with Gasteiger partial charge < -0.3 is 4.74 Å². The van der Waals surface area contributed by atoms with E-state index in [1.165, 1.54) is 12.2 Å². The number of hydrogen-bond donors (Lipinski definition) is 0. The zero-order valence-corrected chi connectivity index (χ0v) is 16.0. The van der Waals surface area contributed by atoms with Gasteiger partial charge in [-0.05, 0) is 30.3 Å². The maximum Gasteiger partial charge on any atom is 0.313 e. The van der Waals surface area contributed by atoms with Gasteiger partial charge in [0.05, 0.1) is 24.7 Å². The van der Waals surface area contributed by atoms with E-state index in [2.05, 4.69) is 15.9 Å². The molecule has 1 atom stereocenters. The van der Waals surface area contributed by atoms with Crippen LogP contribution in [0, 0.1) is 0 Å². The van der Waals surface area contributed by atoms with Gasteiger partial charge in [0.25, 0.3) is 0 Å². The molecular weight excluding hydrogens is 412 g/mol. The van der Waals surface area contributed by atoms with Gasteiger partial charge in [-0.3, -0.25) is 14.2 Å². The molecule has 0 N–H and O–H groups in total. The summed E-state index contributed by atoms with van der Waals surface area (Å²) < 4.78 is 8.05. The average molecular weight is 427 g/mol. The first-order valence-electron chi connectivity index (χ1n) is 8.28. The van der Waals surface area contributed by atoms with E-state index in [9.17, 15) is 9.59 Å². The van der Waals surface area contributed by atoms with E-state index in [-0.39, 0.29) is 12.2 Å². The number of carbonyl (C=O) groups is 1. The van der Waals surface area contributed by atoms with Gasteiger partial charge in [0.1, 0.15) is 11.8 Å². The van der Waals surface area contributed by atoms with Gasteiger partial charge in [0.2, 0.25) is 5.82 Å². The summed E-state index contributed by atoms with van der Waals surface area (Å²) in [5.41, 5.74) is 1.60. The number of ether oxygens (including phenoxy) is 1. The van der Waals surface area contributed by atoms with E-state index in [0.29, 0.717) is 5.75 Å². The first-order chi connectivity index (χ1) is 13.1. The maximum atomic E-state index is 12.5. The normalized spacial score (nSPS) is 15.7. The number of hydrogen-bond acceptors (Lipinski definition) is 5. The lowest BCUT2D eigenvalue weighted by Gasteiger charge is -2.22. The van der Waals surface area contributed by atoms with Crippen LogP contribution in [0.25, 0.3) is 16.7 Å². The molecule has 7 heteroatoms. The van der Waals surface area contributed by atoms with Gasteiger partial charge >= 0.3 is 5.97 Å². The summed E-state index contributed by atoms with van der Waals surface area (Å²) >= 11 is 3.45. The van der Waals surface area contributed by atoms with Crippen LogP contribution in [0.4, 0.5) is 0 Å². The van der Waals surface area contributed by atoms with Gasteiger partial charge in [-0.15, -0.1) is 0 Å². The smallest absolute Gasteiger partial charge is 0.313 e. The van der Waals surface area contributed by atoms with Crippen LogP contribution in [-0.4, -0.2) is 28.7 Å². The largest absolute Gasteiger partial charge is 0.426 e. The summed E-state index contributed by atoms with van der Waals surface area (Å²) in [7, 11) is 1.46. The molecule has 1 aromatic heterocycles. The Bertz CT molecular complexity index is 1070. The first kappa shape index (κ1) is 17.5. The fraction of sp³-hybridized carbons (Fsp3) is 0.150. The zero-order valence-electron chi connectivity index (χ0n) is 14.4. The Morgan fingerprint density at radius 2 is 1.96 bits per heavy atom. The van der Waals surface area contributed by atoms with E-state index in [1.807, 2.05) is 36.3 Å². The van der Waals surface area contributed by atoms with Crippen molar-refractivity contribution in [3.63, 3.8) is 0 Å². The van der Waals surface area contributed by atoms with Crippen LogP contribution in [0.2, 0.25) is 0 Å². The minimum absolute atomic E-state index is 0.0193. The molecule has 1 aliphatic heterocycles. The zero-order chi connectivity index (χ0) is 19.0. The SMILES string of the molecule is CON1C(=C=O)n2c(cc3ccc(Br)cc32)C1CC(=O)Oc1ccccc1. The molecule has 0 amide bonds. The molecule has 136 valence electrons. The lowest BCUT2D eigenvalue weighted by atomic mass is 10.1. The molecule has 1 aliphatic rings. The Morgan fingerprint density at radius 1 is 1.19 bits per heavy atom. The summed E-state index contributed by atoms with van der Waals surface area (Å²) in [5, 5.41) is 2.35. The average Bonchev–Trinajstić information content (AvgIpc) is 3.16. The molecule has 1 unspecified atom stereocenters. The fourth-order valence-corrected chi connectivity index (χ4v) is 3.70. The number of nitrogens with zero attached hydrogens (tertiary/aromatic N) is 2. The number of fused-ring (bicyclic) bond motifs is 3. The number of esters is 1. The van der Waals surface area contributed by atoms with Crippen molar-refractivity contribution in [3.05, 3.63) is 64.8 Å². The third-order valence-corrected chi connectivity index (χ3v) is 4.96. The van der Waals surface area contributed by atoms with Crippen molar-refractivity contribution in [2.24, 2.45) is 0 Å². The molecular formula is C20H15BrN2O4. The molecule has 0 bridgehead atoms. The Kier molecular flexibility index (Phi) is 4.58. The molecule has 6 nitrogen and oxygen atoms in total. The molecule has 0 fully saturated rings. The number of rotatable bonds is 4. The van der Waals surface area contributed by atoms with Gasteiger partial charge in [-0.25, -0.2) is 9.86 Å². The second-order valence-electron chi connectivity index (χ2n) is 6.05. The lowest BCUT2D eigenvalue weighted by molar-refractivity contribution is -0.143. The van der Waals surface area contributed by atoms with Crippen LogP contribution in [0.15, 0.2) is 59.1 Å². The van der Waals surface area contributed by atoms with Crippen molar-refractivity contribution in [2.75, 3.05) is 7.11 Å². The van der Waals surface area contributed by atoms with Crippen LogP contribution < -0.4 is 4.74 Å². The second-order valence-corrected chi connectivity index (χ2v) is 6.96. The van der Waals surface area contributed by atoms with Gasteiger partial charge in [-0.1, -0.05) is 40.2 Å². The quantitative estimate of drug-likeness (QED) is 0.359. The highest BCUT2D eigenvalue weighted by atomic mass is 79.9. The molecule has 0 saturated carbocycles. The highest BCUT2D eigenvalue weighted by molar-refractivity contribution is 9.10. The van der Waals surface area contributed by atoms with Crippen molar-refractivity contribution in [2.45, 2.75) is 12.5 Å². The molecule has 3 aromatic rings. The predicted octanol–water partition coefficient (Wildman–Crippen LogP) is 3.95. The van der Waals surface area contributed by atoms with Gasteiger partial charge in [-0.2, -0.15) is 0 Å². The number of hydroxylamine groups is 2. The van der Waals surface area contributed by atoms with Crippen LogP contribution in [0.1, 0.15) is 18.2 Å². The topological polar surface area (TPSA) is 60.8 Å². The number of halogens is 1. The Labute approximate surface area is 163 Å². The van der Waals surface area contributed by atoms with Crippen molar-refractivity contribution in [1.29, 1.82) is 0 Å². The molecule has 27 heavy (non-hydrogen) atoms. The van der Waals surface area contributed by atoms with Crippen molar-refractivity contribution in [1.82, 2.24) is 9.63 Å². The first-order valence-corrected chi connectivity index (χ1v) is 9.07. The molecule has 4 rings (SSSR count). The van der Waals surface area contributed by atoms with E-state index in [0.717, 1.165) is 21.1 Å². The van der Waals surface area contributed by atoms with Gasteiger partial charge in [0.15, 0.2) is 5.94 Å². The van der Waals surface area contributed by atoms with Crippen molar-refractivity contribution < 1.29 is 19.2 Å². The van der Waals surface area contributed by atoms with Crippen LogP contribution in [-0.2, 0) is 14.4 Å². The maximum absolute atomic E-state index is 12.5. The third-order valence-electron chi connectivity index (χ3n) is 4.46. The molecule has 0 aliphatic carbocycles. The Balaban J connectivity index is 1.71. The highest BCUT2D eigenvalue weighted by Gasteiger charge is 2.39. The molecule has 0 radical (unpaired) electrons. The van der Waals surface area contributed by atoms with Crippen LogP contribution in [0.5, 0.6) is 5.75 Å². The monoisotopic (exact) mass is 426 g/mol. The molecule has 2 aromatic carbocycles. The summed E-state index contributed by atoms with van der Waals surface area (Å²) in [6.45, 7) is 0.